The first-order chi connectivity index (χ1) is 27.5. The van der Waals surface area contributed by atoms with Crippen molar-refractivity contribution in [1.82, 2.24) is 0 Å². The molecule has 0 radical (unpaired) electrons. The van der Waals surface area contributed by atoms with E-state index in [0.29, 0.717) is 0 Å². The number of hydrogen-bond donors (Lipinski definition) is 0. The normalized spacial score (nSPS) is 13.9. The van der Waals surface area contributed by atoms with E-state index in [1.165, 1.54) is 66.0 Å². The minimum atomic E-state index is -1.54. The molecule has 3 heteroatoms. The fraction of sp³-hybridized carbons (Fsp3) is 0.148. The largest absolute Gasteiger partial charge is 0.455 e. The molecule has 57 heavy (non-hydrogen) atoms. The van der Waals surface area contributed by atoms with Crippen LogP contribution in [0.1, 0.15) is 48.6 Å². The fourth-order valence-electron chi connectivity index (χ4n) is 10.1. The van der Waals surface area contributed by atoms with Crippen LogP contribution in [0.4, 0.5) is 17.1 Å². The summed E-state index contributed by atoms with van der Waals surface area (Å²) in [5.74, 6) is 0. The van der Waals surface area contributed by atoms with Crippen LogP contribution < -0.4 is 10.1 Å². The lowest BCUT2D eigenvalue weighted by atomic mass is 9.70. The molecule has 0 N–H and O–H groups in total. The van der Waals surface area contributed by atoms with E-state index in [2.05, 4.69) is 209 Å². The SMILES string of the molecule is CC(C)(C)c1ccc(N(c2ccc([Si](C)(C)C)cc2)c2cc3c(c4oc5ccccc5c24)-c2c(ccc4ccccc24)C32c3ccccc3-c3ccccc32)cc1. The lowest BCUT2D eigenvalue weighted by Gasteiger charge is -2.33. The maximum Gasteiger partial charge on any atom is 0.145 e. The highest BCUT2D eigenvalue weighted by molar-refractivity contribution is 6.88. The standard InChI is InChI=1S/C54H45NOSi/c1-53(2,3)35-24-26-36(27-25-35)55(37-28-30-38(31-29-37)57(4,5)6)47-33-46-51(52-50(47)42-19-11-14-22-48(42)56-52)49-39-16-8-7-15-34(39)23-32-45(49)54(46)43-20-12-9-17-40(43)41-18-10-13-21-44(41)54/h7-33H,1-6H3. The predicted molar refractivity (Wildman–Crippen MR) is 244 cm³/mol. The summed E-state index contributed by atoms with van der Waals surface area (Å²) in [6.07, 6.45) is 0. The summed E-state index contributed by atoms with van der Waals surface area (Å²) >= 11 is 0. The molecule has 0 atom stereocenters. The van der Waals surface area contributed by atoms with Crippen LogP contribution in [0.15, 0.2) is 168 Å². The van der Waals surface area contributed by atoms with Crippen molar-refractivity contribution >= 4 is 63.0 Å². The van der Waals surface area contributed by atoms with E-state index in [1.807, 2.05) is 0 Å². The van der Waals surface area contributed by atoms with Gasteiger partial charge in [0.15, 0.2) is 0 Å². The fourth-order valence-corrected chi connectivity index (χ4v) is 11.2. The molecule has 0 aliphatic heterocycles. The van der Waals surface area contributed by atoms with Crippen molar-refractivity contribution in [3.05, 3.63) is 192 Å². The highest BCUT2D eigenvalue weighted by atomic mass is 28.3. The molecule has 11 rings (SSSR count). The second-order valence-corrected chi connectivity index (χ2v) is 23.2. The quantitative estimate of drug-likeness (QED) is 0.167. The third kappa shape index (κ3) is 4.76. The van der Waals surface area contributed by atoms with Gasteiger partial charge in [0.25, 0.3) is 0 Å². The van der Waals surface area contributed by atoms with Crippen molar-refractivity contribution in [3.8, 4) is 22.3 Å². The monoisotopic (exact) mass is 751 g/mol. The average molecular weight is 752 g/mol. The average Bonchev–Trinajstić information content (AvgIpc) is 3.85. The zero-order valence-electron chi connectivity index (χ0n) is 33.4. The molecule has 9 aromatic rings. The Balaban J connectivity index is 1.32. The number of nitrogens with zero attached hydrogens (tertiary/aromatic N) is 1. The van der Waals surface area contributed by atoms with Crippen molar-refractivity contribution in [1.29, 1.82) is 0 Å². The Bertz CT molecular complexity index is 2980. The van der Waals surface area contributed by atoms with Gasteiger partial charge in [-0.05, 0) is 97.1 Å². The summed E-state index contributed by atoms with van der Waals surface area (Å²) in [7, 11) is -1.54. The van der Waals surface area contributed by atoms with Crippen LogP contribution in [0.3, 0.4) is 0 Å². The Morgan fingerprint density at radius 1 is 0.526 bits per heavy atom. The van der Waals surface area contributed by atoms with E-state index in [4.69, 9.17) is 4.42 Å². The van der Waals surface area contributed by atoms with E-state index in [1.54, 1.807) is 0 Å². The molecule has 0 bridgehead atoms. The third-order valence-electron chi connectivity index (χ3n) is 12.8. The Kier molecular flexibility index (Phi) is 7.14. The molecule has 0 saturated heterocycles. The summed E-state index contributed by atoms with van der Waals surface area (Å²) < 4.78 is 7.25. The van der Waals surface area contributed by atoms with Gasteiger partial charge < -0.3 is 9.32 Å². The molecule has 8 aromatic carbocycles. The van der Waals surface area contributed by atoms with Crippen molar-refractivity contribution in [2.45, 2.75) is 51.2 Å². The summed E-state index contributed by atoms with van der Waals surface area (Å²) in [5, 5.41) is 6.18. The van der Waals surface area contributed by atoms with Gasteiger partial charge in [0, 0.05) is 22.3 Å². The Labute approximate surface area is 336 Å². The lowest BCUT2D eigenvalue weighted by molar-refractivity contribution is 0.590. The minimum absolute atomic E-state index is 0.0358. The predicted octanol–water partition coefficient (Wildman–Crippen LogP) is 14.4. The zero-order valence-corrected chi connectivity index (χ0v) is 34.4. The zero-order chi connectivity index (χ0) is 38.8. The van der Waals surface area contributed by atoms with Crippen LogP contribution in [0, 0.1) is 0 Å². The van der Waals surface area contributed by atoms with Crippen LogP contribution in [-0.2, 0) is 10.8 Å². The molecule has 1 spiro atoms. The van der Waals surface area contributed by atoms with Gasteiger partial charge in [-0.25, -0.2) is 0 Å². The Morgan fingerprint density at radius 2 is 1.11 bits per heavy atom. The summed E-state index contributed by atoms with van der Waals surface area (Å²) in [5.41, 5.74) is 16.3. The molecule has 0 amide bonds. The number of hydrogen-bond acceptors (Lipinski definition) is 2. The van der Waals surface area contributed by atoms with E-state index in [0.717, 1.165) is 39.0 Å². The first-order valence-corrected chi connectivity index (χ1v) is 23.8. The first kappa shape index (κ1) is 34.1. The highest BCUT2D eigenvalue weighted by Crippen LogP contribution is 2.66. The lowest BCUT2D eigenvalue weighted by Crippen LogP contribution is -2.37. The highest BCUT2D eigenvalue weighted by Gasteiger charge is 2.53. The number of anilines is 3. The Hall–Kier alpha value is -6.16. The van der Waals surface area contributed by atoms with E-state index in [9.17, 15) is 0 Å². The molecule has 2 aliphatic carbocycles. The van der Waals surface area contributed by atoms with Crippen LogP contribution in [0.2, 0.25) is 19.6 Å². The topological polar surface area (TPSA) is 16.4 Å². The molecule has 1 heterocycles. The Morgan fingerprint density at radius 3 is 1.75 bits per heavy atom. The second-order valence-electron chi connectivity index (χ2n) is 18.1. The summed E-state index contributed by atoms with van der Waals surface area (Å²) in [4.78, 5) is 2.49. The number of para-hydroxylation sites is 1. The molecule has 276 valence electrons. The number of rotatable bonds is 4. The van der Waals surface area contributed by atoms with E-state index < -0.39 is 13.5 Å². The van der Waals surface area contributed by atoms with Crippen molar-refractivity contribution in [3.63, 3.8) is 0 Å². The molecule has 0 unspecified atom stereocenters. The number of furan rings is 1. The van der Waals surface area contributed by atoms with Crippen LogP contribution in [0.5, 0.6) is 0 Å². The maximum atomic E-state index is 7.25. The van der Waals surface area contributed by atoms with Gasteiger partial charge in [0.2, 0.25) is 0 Å². The summed E-state index contributed by atoms with van der Waals surface area (Å²) in [6.45, 7) is 14.1. The molecule has 2 aliphatic rings. The van der Waals surface area contributed by atoms with Crippen molar-refractivity contribution in [2.75, 3.05) is 4.90 Å². The molecular weight excluding hydrogens is 707 g/mol. The van der Waals surface area contributed by atoms with E-state index >= 15 is 0 Å². The second kappa shape index (κ2) is 11.9. The molecular formula is C54H45NOSi. The van der Waals surface area contributed by atoms with Crippen LogP contribution >= 0.6 is 0 Å². The smallest absolute Gasteiger partial charge is 0.145 e. The van der Waals surface area contributed by atoms with Gasteiger partial charge in [-0.3, -0.25) is 0 Å². The van der Waals surface area contributed by atoms with Gasteiger partial charge in [-0.2, -0.15) is 0 Å². The van der Waals surface area contributed by atoms with Gasteiger partial charge in [-0.15, -0.1) is 0 Å². The third-order valence-corrected chi connectivity index (χ3v) is 14.9. The van der Waals surface area contributed by atoms with Gasteiger partial charge in [-0.1, -0.05) is 173 Å². The number of benzene rings is 8. The molecule has 2 nitrogen and oxygen atoms in total. The van der Waals surface area contributed by atoms with Crippen LogP contribution in [0.25, 0.3) is 55.0 Å². The van der Waals surface area contributed by atoms with Gasteiger partial charge in [0.1, 0.15) is 11.2 Å². The van der Waals surface area contributed by atoms with Crippen molar-refractivity contribution < 1.29 is 4.42 Å². The van der Waals surface area contributed by atoms with Gasteiger partial charge in [0.05, 0.1) is 24.6 Å². The van der Waals surface area contributed by atoms with E-state index in [-0.39, 0.29) is 5.41 Å². The van der Waals surface area contributed by atoms with Gasteiger partial charge >= 0.3 is 0 Å². The summed E-state index contributed by atoms with van der Waals surface area (Å²) in [6, 6.07) is 61.6. The van der Waals surface area contributed by atoms with Crippen molar-refractivity contribution in [2.24, 2.45) is 0 Å². The minimum Gasteiger partial charge on any atom is -0.455 e. The maximum absolute atomic E-state index is 7.25. The molecule has 0 saturated carbocycles. The number of fused-ring (bicyclic) bond motifs is 16. The molecule has 0 fully saturated rings. The van der Waals surface area contributed by atoms with Crippen LogP contribution in [-0.4, -0.2) is 8.07 Å². The first-order valence-electron chi connectivity index (χ1n) is 20.3. The molecule has 1 aromatic heterocycles.